The molecule has 0 aliphatic heterocycles. The van der Waals surface area contributed by atoms with E-state index in [9.17, 15) is 4.79 Å². The maximum absolute atomic E-state index is 10.2. The molecule has 0 heterocycles. The van der Waals surface area contributed by atoms with Crippen molar-refractivity contribution in [3.05, 3.63) is 29.8 Å². The highest BCUT2D eigenvalue weighted by Gasteiger charge is 1.98. The fraction of sp³-hybridized carbons (Fsp3) is 0.417. The molecule has 0 saturated heterocycles. The lowest BCUT2D eigenvalue weighted by Gasteiger charge is -2.05. The lowest BCUT2D eigenvalue weighted by molar-refractivity contribution is -0.137. The van der Waals surface area contributed by atoms with Crippen LogP contribution in [0.1, 0.15) is 18.4 Å². The maximum atomic E-state index is 10.2. The van der Waals surface area contributed by atoms with Crippen molar-refractivity contribution in [1.82, 2.24) is 0 Å². The van der Waals surface area contributed by atoms with Gasteiger partial charge in [0.1, 0.15) is 5.75 Å². The van der Waals surface area contributed by atoms with Crippen LogP contribution in [0.5, 0.6) is 5.75 Å². The number of hydrogen-bond donors (Lipinski definition) is 1. The molecule has 16 heavy (non-hydrogen) atoms. The van der Waals surface area contributed by atoms with Gasteiger partial charge in [0.25, 0.3) is 0 Å². The SMILES string of the molecule is COc1cccc(COCCCC(=O)O)c1. The van der Waals surface area contributed by atoms with Crippen molar-refractivity contribution in [3.63, 3.8) is 0 Å². The molecule has 0 aromatic heterocycles. The van der Waals surface area contributed by atoms with Gasteiger partial charge >= 0.3 is 5.97 Å². The van der Waals surface area contributed by atoms with Gasteiger partial charge in [-0.2, -0.15) is 0 Å². The Bertz CT molecular complexity index is 336. The van der Waals surface area contributed by atoms with Crippen LogP contribution in [-0.4, -0.2) is 24.8 Å². The van der Waals surface area contributed by atoms with Crippen LogP contribution in [0.15, 0.2) is 24.3 Å². The first-order valence-electron chi connectivity index (χ1n) is 5.15. The van der Waals surface area contributed by atoms with Crippen LogP contribution in [0.4, 0.5) is 0 Å². The van der Waals surface area contributed by atoms with Gasteiger partial charge in [-0.1, -0.05) is 12.1 Å². The van der Waals surface area contributed by atoms with Gasteiger partial charge in [-0.3, -0.25) is 4.79 Å². The van der Waals surface area contributed by atoms with Crippen molar-refractivity contribution < 1.29 is 19.4 Å². The summed E-state index contributed by atoms with van der Waals surface area (Å²) in [7, 11) is 1.62. The minimum Gasteiger partial charge on any atom is -0.497 e. The van der Waals surface area contributed by atoms with Crippen LogP contribution in [0.2, 0.25) is 0 Å². The molecule has 0 aliphatic carbocycles. The Balaban J connectivity index is 2.23. The first kappa shape index (κ1) is 12.5. The van der Waals surface area contributed by atoms with E-state index in [0.29, 0.717) is 19.6 Å². The highest BCUT2D eigenvalue weighted by molar-refractivity contribution is 5.66. The summed E-state index contributed by atoms with van der Waals surface area (Å²) in [6.07, 6.45) is 0.692. The van der Waals surface area contributed by atoms with Crippen LogP contribution in [-0.2, 0) is 16.1 Å². The summed E-state index contributed by atoms with van der Waals surface area (Å²) in [5.74, 6) is 0.0108. The van der Waals surface area contributed by atoms with E-state index in [0.717, 1.165) is 11.3 Å². The van der Waals surface area contributed by atoms with Crippen LogP contribution in [0.25, 0.3) is 0 Å². The lowest BCUT2D eigenvalue weighted by atomic mass is 10.2. The normalized spacial score (nSPS) is 10.1. The minimum absolute atomic E-state index is 0.151. The minimum atomic E-state index is -0.787. The second kappa shape index (κ2) is 6.85. The van der Waals surface area contributed by atoms with Crippen molar-refractivity contribution in [1.29, 1.82) is 0 Å². The Morgan fingerprint density at radius 3 is 2.94 bits per heavy atom. The highest BCUT2D eigenvalue weighted by atomic mass is 16.5. The van der Waals surface area contributed by atoms with Crippen LogP contribution in [0, 0.1) is 0 Å². The van der Waals surface area contributed by atoms with Crippen molar-refractivity contribution in [2.75, 3.05) is 13.7 Å². The summed E-state index contributed by atoms with van der Waals surface area (Å²) in [5, 5.41) is 8.43. The maximum Gasteiger partial charge on any atom is 0.303 e. The van der Waals surface area contributed by atoms with Crippen LogP contribution >= 0.6 is 0 Å². The second-order valence-corrected chi connectivity index (χ2v) is 3.40. The number of hydrogen-bond acceptors (Lipinski definition) is 3. The molecule has 4 nitrogen and oxygen atoms in total. The lowest BCUT2D eigenvalue weighted by Crippen LogP contribution is -2.00. The number of carbonyl (C=O) groups is 1. The predicted molar refractivity (Wildman–Crippen MR) is 59.5 cm³/mol. The molecule has 4 heteroatoms. The van der Waals surface area contributed by atoms with Gasteiger partial charge in [0.2, 0.25) is 0 Å². The third-order valence-corrected chi connectivity index (χ3v) is 2.08. The molecular weight excluding hydrogens is 208 g/mol. The van der Waals surface area contributed by atoms with Crippen LogP contribution in [0.3, 0.4) is 0 Å². The molecular formula is C12H16O4. The first-order valence-corrected chi connectivity index (χ1v) is 5.15. The summed E-state index contributed by atoms with van der Waals surface area (Å²) in [6, 6.07) is 7.61. The molecule has 0 unspecified atom stereocenters. The predicted octanol–water partition coefficient (Wildman–Crippen LogP) is 2.08. The Morgan fingerprint density at radius 1 is 1.44 bits per heavy atom. The number of carboxylic acids is 1. The zero-order valence-corrected chi connectivity index (χ0v) is 9.31. The standard InChI is InChI=1S/C12H16O4/c1-15-11-5-2-4-10(8-11)9-16-7-3-6-12(13)14/h2,4-5,8H,3,6-7,9H2,1H3,(H,13,14). The van der Waals surface area contributed by atoms with Gasteiger partial charge < -0.3 is 14.6 Å². The fourth-order valence-corrected chi connectivity index (χ4v) is 1.28. The van der Waals surface area contributed by atoms with Gasteiger partial charge in [0.15, 0.2) is 0 Å². The van der Waals surface area contributed by atoms with Crippen LogP contribution < -0.4 is 4.74 Å². The second-order valence-electron chi connectivity index (χ2n) is 3.40. The van der Waals surface area contributed by atoms with E-state index in [2.05, 4.69) is 0 Å². The Labute approximate surface area is 94.8 Å². The summed E-state index contributed by atoms with van der Waals surface area (Å²) >= 11 is 0. The molecule has 1 aromatic carbocycles. The number of benzene rings is 1. The Morgan fingerprint density at radius 2 is 2.25 bits per heavy atom. The number of methoxy groups -OCH3 is 1. The van der Waals surface area contributed by atoms with E-state index in [1.54, 1.807) is 7.11 Å². The quantitative estimate of drug-likeness (QED) is 0.720. The van der Waals surface area contributed by atoms with E-state index in [4.69, 9.17) is 14.6 Å². The van der Waals surface area contributed by atoms with Gasteiger partial charge in [0, 0.05) is 13.0 Å². The van der Waals surface area contributed by atoms with E-state index in [1.807, 2.05) is 24.3 Å². The number of carboxylic acid groups (broad SMARTS) is 1. The molecule has 0 bridgehead atoms. The Hall–Kier alpha value is -1.55. The average Bonchev–Trinajstić information content (AvgIpc) is 2.28. The van der Waals surface area contributed by atoms with Crippen molar-refractivity contribution >= 4 is 5.97 Å². The topological polar surface area (TPSA) is 55.8 Å². The smallest absolute Gasteiger partial charge is 0.303 e. The average molecular weight is 224 g/mol. The zero-order chi connectivity index (χ0) is 11.8. The molecule has 0 spiro atoms. The van der Waals surface area contributed by atoms with Gasteiger partial charge in [-0.05, 0) is 24.1 Å². The molecule has 0 aliphatic rings. The number of aliphatic carboxylic acids is 1. The molecule has 88 valence electrons. The molecule has 1 N–H and O–H groups in total. The van der Waals surface area contributed by atoms with E-state index in [-0.39, 0.29) is 6.42 Å². The molecule has 0 atom stereocenters. The molecule has 0 fully saturated rings. The first-order chi connectivity index (χ1) is 7.72. The summed E-state index contributed by atoms with van der Waals surface area (Å²) in [5.41, 5.74) is 1.02. The third-order valence-electron chi connectivity index (χ3n) is 2.08. The molecule has 0 radical (unpaired) electrons. The van der Waals surface area contributed by atoms with Gasteiger partial charge in [0.05, 0.1) is 13.7 Å². The van der Waals surface area contributed by atoms with E-state index >= 15 is 0 Å². The van der Waals surface area contributed by atoms with E-state index in [1.165, 1.54) is 0 Å². The van der Waals surface area contributed by atoms with Gasteiger partial charge in [-0.25, -0.2) is 0 Å². The fourth-order valence-electron chi connectivity index (χ4n) is 1.28. The molecule has 1 aromatic rings. The third kappa shape index (κ3) is 4.79. The highest BCUT2D eigenvalue weighted by Crippen LogP contribution is 2.13. The monoisotopic (exact) mass is 224 g/mol. The largest absolute Gasteiger partial charge is 0.497 e. The summed E-state index contributed by atoms with van der Waals surface area (Å²) < 4.78 is 10.4. The Kier molecular flexibility index (Phi) is 5.36. The van der Waals surface area contributed by atoms with E-state index < -0.39 is 5.97 Å². The molecule has 0 saturated carbocycles. The van der Waals surface area contributed by atoms with Crippen molar-refractivity contribution in [2.45, 2.75) is 19.4 Å². The van der Waals surface area contributed by atoms with Crippen molar-refractivity contribution in [2.24, 2.45) is 0 Å². The number of ether oxygens (including phenoxy) is 2. The summed E-state index contributed by atoms with van der Waals surface area (Å²) in [6.45, 7) is 0.945. The molecule has 1 rings (SSSR count). The molecule has 0 amide bonds. The summed E-state index contributed by atoms with van der Waals surface area (Å²) in [4.78, 5) is 10.2. The number of rotatable bonds is 7. The van der Waals surface area contributed by atoms with Crippen molar-refractivity contribution in [3.8, 4) is 5.75 Å². The van der Waals surface area contributed by atoms with Gasteiger partial charge in [-0.15, -0.1) is 0 Å². The zero-order valence-electron chi connectivity index (χ0n) is 9.31.